The first kappa shape index (κ1) is 22.9. The number of anilines is 1. The molecular weight excluding hydrogens is 458 g/mol. The van der Waals surface area contributed by atoms with Crippen molar-refractivity contribution in [1.29, 1.82) is 0 Å². The number of amides is 1. The second-order valence-electron chi connectivity index (χ2n) is 7.64. The number of fused-ring (bicyclic) bond motifs is 1. The Balaban J connectivity index is 1.67. The van der Waals surface area contributed by atoms with Crippen LogP contribution >= 0.6 is 11.6 Å². The molecule has 33 heavy (non-hydrogen) atoms. The fourth-order valence-electron chi connectivity index (χ4n) is 3.57. The molecule has 0 saturated carbocycles. The first-order chi connectivity index (χ1) is 15.8. The van der Waals surface area contributed by atoms with Crippen LogP contribution in [0.2, 0.25) is 5.02 Å². The van der Waals surface area contributed by atoms with E-state index in [1.807, 2.05) is 37.3 Å². The minimum atomic E-state index is -4.05. The molecule has 2 N–H and O–H groups in total. The summed E-state index contributed by atoms with van der Waals surface area (Å²) in [6.07, 6.45) is 1.72. The summed E-state index contributed by atoms with van der Waals surface area (Å²) in [6, 6.07) is 21.8. The average Bonchev–Trinajstić information content (AvgIpc) is 2.80. The Hall–Kier alpha value is -3.26. The predicted molar refractivity (Wildman–Crippen MR) is 131 cm³/mol. The molecule has 1 aromatic heterocycles. The van der Waals surface area contributed by atoms with Crippen LogP contribution in [0.4, 0.5) is 5.69 Å². The zero-order chi connectivity index (χ0) is 23.4. The Morgan fingerprint density at radius 1 is 1.00 bits per heavy atom. The third-order valence-electron chi connectivity index (χ3n) is 5.23. The van der Waals surface area contributed by atoms with E-state index in [4.69, 9.17) is 11.6 Å². The van der Waals surface area contributed by atoms with Gasteiger partial charge in [0.1, 0.15) is 10.9 Å². The Morgan fingerprint density at radius 2 is 1.76 bits per heavy atom. The molecule has 4 aromatic rings. The first-order valence-electron chi connectivity index (χ1n) is 10.3. The number of aromatic nitrogens is 1. The molecule has 6 nitrogen and oxygen atoms in total. The summed E-state index contributed by atoms with van der Waals surface area (Å²) < 4.78 is 29.3. The van der Waals surface area contributed by atoms with Crippen LogP contribution in [0.15, 0.2) is 90.0 Å². The number of hydrogen-bond acceptors (Lipinski definition) is 4. The lowest BCUT2D eigenvalue weighted by atomic mass is 10.1. The Bertz CT molecular complexity index is 1400. The standard InChI is InChI=1S/C25H22ClN3O3S/c1-17-15-20(26)12-13-21(17)28-25(30)22(16-18-7-3-2-4-8-18)29-33(31,32)23-11-5-9-19-10-6-14-27-24(19)23/h2-15,22,29H,16H2,1H3,(H,28,30). The summed E-state index contributed by atoms with van der Waals surface area (Å²) in [5, 5.41) is 4.08. The maximum Gasteiger partial charge on any atom is 0.243 e. The molecule has 0 bridgehead atoms. The molecule has 168 valence electrons. The van der Waals surface area contributed by atoms with Crippen molar-refractivity contribution in [1.82, 2.24) is 9.71 Å². The zero-order valence-electron chi connectivity index (χ0n) is 17.8. The van der Waals surface area contributed by atoms with Crippen LogP contribution in [0.5, 0.6) is 0 Å². The largest absolute Gasteiger partial charge is 0.324 e. The highest BCUT2D eigenvalue weighted by Gasteiger charge is 2.28. The van der Waals surface area contributed by atoms with E-state index in [1.165, 1.54) is 6.07 Å². The summed E-state index contributed by atoms with van der Waals surface area (Å²) in [6.45, 7) is 1.82. The minimum Gasteiger partial charge on any atom is -0.324 e. The molecular formula is C25H22ClN3O3S. The third kappa shape index (κ3) is 5.39. The molecule has 0 aliphatic rings. The molecule has 3 aromatic carbocycles. The number of nitrogens with zero attached hydrogens (tertiary/aromatic N) is 1. The summed E-state index contributed by atoms with van der Waals surface area (Å²) in [4.78, 5) is 17.5. The molecule has 0 saturated heterocycles. The number of nitrogens with one attached hydrogen (secondary N) is 2. The highest BCUT2D eigenvalue weighted by atomic mass is 35.5. The molecule has 1 heterocycles. The third-order valence-corrected chi connectivity index (χ3v) is 6.97. The predicted octanol–water partition coefficient (Wildman–Crippen LogP) is 4.72. The zero-order valence-corrected chi connectivity index (χ0v) is 19.4. The maximum atomic E-state index is 13.4. The highest BCUT2D eigenvalue weighted by Crippen LogP contribution is 2.23. The fourth-order valence-corrected chi connectivity index (χ4v) is 5.17. The summed E-state index contributed by atoms with van der Waals surface area (Å²) in [5.74, 6) is -0.471. The molecule has 0 spiro atoms. The molecule has 0 radical (unpaired) electrons. The highest BCUT2D eigenvalue weighted by molar-refractivity contribution is 7.89. The van der Waals surface area contributed by atoms with E-state index < -0.39 is 22.0 Å². The second-order valence-corrected chi connectivity index (χ2v) is 9.76. The fraction of sp³-hybridized carbons (Fsp3) is 0.120. The van der Waals surface area contributed by atoms with Gasteiger partial charge < -0.3 is 5.32 Å². The van der Waals surface area contributed by atoms with E-state index >= 15 is 0 Å². The van der Waals surface area contributed by atoms with Gasteiger partial charge in [-0.05, 0) is 54.8 Å². The lowest BCUT2D eigenvalue weighted by molar-refractivity contribution is -0.117. The monoisotopic (exact) mass is 479 g/mol. The van der Waals surface area contributed by atoms with Crippen LogP contribution in [-0.4, -0.2) is 25.4 Å². The molecule has 0 aliphatic heterocycles. The van der Waals surface area contributed by atoms with Gasteiger partial charge in [-0.25, -0.2) is 8.42 Å². The molecule has 8 heteroatoms. The summed E-state index contributed by atoms with van der Waals surface area (Å²) in [5.41, 5.74) is 2.51. The van der Waals surface area contributed by atoms with Crippen LogP contribution in [0.25, 0.3) is 10.9 Å². The molecule has 1 amide bonds. The van der Waals surface area contributed by atoms with Crippen LogP contribution in [0, 0.1) is 6.92 Å². The number of pyridine rings is 1. The Morgan fingerprint density at radius 3 is 2.52 bits per heavy atom. The molecule has 0 aliphatic carbocycles. The van der Waals surface area contributed by atoms with Crippen molar-refractivity contribution in [2.24, 2.45) is 0 Å². The van der Waals surface area contributed by atoms with Gasteiger partial charge in [-0.1, -0.05) is 60.1 Å². The van der Waals surface area contributed by atoms with Crippen LogP contribution < -0.4 is 10.0 Å². The number of halogens is 1. The number of sulfonamides is 1. The number of carbonyl (C=O) groups excluding carboxylic acids is 1. The van der Waals surface area contributed by atoms with Gasteiger partial charge in [-0.3, -0.25) is 9.78 Å². The van der Waals surface area contributed by atoms with Crippen molar-refractivity contribution in [3.05, 3.63) is 101 Å². The normalized spacial score (nSPS) is 12.4. The molecule has 0 fully saturated rings. The van der Waals surface area contributed by atoms with Crippen LogP contribution in [-0.2, 0) is 21.2 Å². The maximum absolute atomic E-state index is 13.4. The summed E-state index contributed by atoms with van der Waals surface area (Å²) in [7, 11) is -4.05. The Labute approximate surface area is 197 Å². The number of rotatable bonds is 7. The Kier molecular flexibility index (Phi) is 6.74. The smallest absolute Gasteiger partial charge is 0.243 e. The SMILES string of the molecule is Cc1cc(Cl)ccc1NC(=O)C(Cc1ccccc1)NS(=O)(=O)c1cccc2cccnc12. The lowest BCUT2D eigenvalue weighted by Crippen LogP contribution is -2.45. The van der Waals surface area contributed by atoms with Crippen molar-refractivity contribution in [2.45, 2.75) is 24.3 Å². The van der Waals surface area contributed by atoms with Gasteiger partial charge in [0.05, 0.1) is 5.52 Å². The van der Waals surface area contributed by atoms with E-state index in [-0.39, 0.29) is 11.3 Å². The van der Waals surface area contributed by atoms with Crippen molar-refractivity contribution in [3.63, 3.8) is 0 Å². The molecule has 1 unspecified atom stereocenters. The lowest BCUT2D eigenvalue weighted by Gasteiger charge is -2.20. The first-order valence-corrected chi connectivity index (χ1v) is 12.2. The van der Waals surface area contributed by atoms with Crippen LogP contribution in [0.3, 0.4) is 0 Å². The van der Waals surface area contributed by atoms with Gasteiger partial charge in [-0.2, -0.15) is 4.72 Å². The van der Waals surface area contributed by atoms with E-state index in [0.717, 1.165) is 11.1 Å². The van der Waals surface area contributed by atoms with Gasteiger partial charge in [0.2, 0.25) is 15.9 Å². The quantitative estimate of drug-likeness (QED) is 0.401. The van der Waals surface area contributed by atoms with Crippen molar-refractivity contribution in [2.75, 3.05) is 5.32 Å². The topological polar surface area (TPSA) is 88.2 Å². The van der Waals surface area contributed by atoms with Crippen molar-refractivity contribution in [3.8, 4) is 0 Å². The number of carbonyl (C=O) groups is 1. The second kappa shape index (κ2) is 9.70. The van der Waals surface area contributed by atoms with E-state index in [1.54, 1.807) is 48.7 Å². The molecule has 4 rings (SSSR count). The number of para-hydroxylation sites is 1. The van der Waals surface area contributed by atoms with E-state index in [2.05, 4.69) is 15.0 Å². The van der Waals surface area contributed by atoms with E-state index in [0.29, 0.717) is 21.6 Å². The van der Waals surface area contributed by atoms with Gasteiger partial charge in [0, 0.05) is 22.3 Å². The number of aryl methyl sites for hydroxylation is 1. The van der Waals surface area contributed by atoms with Crippen molar-refractivity contribution < 1.29 is 13.2 Å². The van der Waals surface area contributed by atoms with Crippen molar-refractivity contribution >= 4 is 44.1 Å². The van der Waals surface area contributed by atoms with Gasteiger partial charge >= 0.3 is 0 Å². The van der Waals surface area contributed by atoms with Gasteiger partial charge in [0.25, 0.3) is 0 Å². The van der Waals surface area contributed by atoms with Gasteiger partial charge in [0.15, 0.2) is 0 Å². The number of benzene rings is 3. The molecule has 1 atom stereocenters. The average molecular weight is 480 g/mol. The summed E-state index contributed by atoms with van der Waals surface area (Å²) >= 11 is 6.02. The van der Waals surface area contributed by atoms with E-state index in [9.17, 15) is 13.2 Å². The van der Waals surface area contributed by atoms with Crippen LogP contribution in [0.1, 0.15) is 11.1 Å². The number of hydrogen-bond donors (Lipinski definition) is 2. The van der Waals surface area contributed by atoms with Gasteiger partial charge in [-0.15, -0.1) is 0 Å². The minimum absolute atomic E-state index is 0.0223.